The van der Waals surface area contributed by atoms with Crippen LogP contribution in [0.4, 0.5) is 0 Å². The van der Waals surface area contributed by atoms with Crippen LogP contribution < -0.4 is 11.3 Å². The van der Waals surface area contributed by atoms with Crippen molar-refractivity contribution in [2.24, 2.45) is 5.84 Å². The smallest absolute Gasteiger partial charge is 0.283 e. The van der Waals surface area contributed by atoms with Crippen molar-refractivity contribution < 1.29 is 9.59 Å². The van der Waals surface area contributed by atoms with Gasteiger partial charge in [0.05, 0.1) is 11.2 Å². The third-order valence-electron chi connectivity index (χ3n) is 3.89. The predicted octanol–water partition coefficient (Wildman–Crippen LogP) is -0.262. The Morgan fingerprint density at radius 3 is 2.81 bits per heavy atom. The monoisotopic (exact) mass is 291 g/mol. The van der Waals surface area contributed by atoms with E-state index >= 15 is 0 Å². The van der Waals surface area contributed by atoms with E-state index in [1.54, 1.807) is 17.0 Å². The second-order valence-corrected chi connectivity index (χ2v) is 5.69. The van der Waals surface area contributed by atoms with Gasteiger partial charge >= 0.3 is 0 Å². The van der Waals surface area contributed by atoms with E-state index in [0.717, 1.165) is 12.2 Å². The number of hydrazine groups is 1. The summed E-state index contributed by atoms with van der Waals surface area (Å²) in [6.07, 6.45) is 0. The van der Waals surface area contributed by atoms with Crippen molar-refractivity contribution in [3.05, 3.63) is 29.6 Å². The van der Waals surface area contributed by atoms with Gasteiger partial charge in [0, 0.05) is 26.7 Å². The van der Waals surface area contributed by atoms with E-state index in [0.29, 0.717) is 13.1 Å². The second-order valence-electron chi connectivity index (χ2n) is 5.69. The molecule has 1 aromatic heterocycles. The molecule has 0 unspecified atom stereocenters. The molecule has 1 fully saturated rings. The fourth-order valence-electron chi connectivity index (χ4n) is 2.49. The Morgan fingerprint density at radius 1 is 1.43 bits per heavy atom. The van der Waals surface area contributed by atoms with Crippen molar-refractivity contribution in [3.63, 3.8) is 0 Å². The van der Waals surface area contributed by atoms with Gasteiger partial charge in [0.1, 0.15) is 5.69 Å². The van der Waals surface area contributed by atoms with Crippen LogP contribution in [0.1, 0.15) is 30.0 Å². The molecule has 1 aromatic rings. The molecule has 0 saturated carbocycles. The van der Waals surface area contributed by atoms with Crippen LogP contribution in [0.2, 0.25) is 0 Å². The summed E-state index contributed by atoms with van der Waals surface area (Å²) in [6.45, 7) is 5.77. The van der Waals surface area contributed by atoms with Gasteiger partial charge in [-0.3, -0.25) is 19.9 Å². The third kappa shape index (κ3) is 3.03. The van der Waals surface area contributed by atoms with Crippen LogP contribution in [0.25, 0.3) is 0 Å². The summed E-state index contributed by atoms with van der Waals surface area (Å²) in [6, 6.07) is 5.20. The van der Waals surface area contributed by atoms with Crippen LogP contribution >= 0.6 is 0 Å². The maximum absolute atomic E-state index is 12.3. The van der Waals surface area contributed by atoms with E-state index in [-0.39, 0.29) is 11.6 Å². The zero-order valence-corrected chi connectivity index (χ0v) is 12.6. The van der Waals surface area contributed by atoms with E-state index in [4.69, 9.17) is 5.84 Å². The Labute approximate surface area is 124 Å². The highest BCUT2D eigenvalue weighted by Gasteiger charge is 2.40. The van der Waals surface area contributed by atoms with Crippen LogP contribution in [-0.2, 0) is 11.3 Å². The largest absolute Gasteiger partial charge is 0.343 e. The molecule has 2 amide bonds. The van der Waals surface area contributed by atoms with Crippen molar-refractivity contribution in [1.82, 2.24) is 20.2 Å². The van der Waals surface area contributed by atoms with Gasteiger partial charge in [-0.2, -0.15) is 0 Å². The lowest BCUT2D eigenvalue weighted by atomic mass is 9.97. The molecule has 1 aliphatic heterocycles. The topological polar surface area (TPSA) is 91.6 Å². The van der Waals surface area contributed by atoms with Crippen molar-refractivity contribution in [3.8, 4) is 0 Å². The number of aromatic nitrogens is 1. The molecular weight excluding hydrogens is 270 g/mol. The molecule has 3 N–H and O–H groups in total. The number of piperazine rings is 1. The van der Waals surface area contributed by atoms with E-state index in [1.165, 1.54) is 0 Å². The van der Waals surface area contributed by atoms with Crippen molar-refractivity contribution in [2.75, 3.05) is 20.1 Å². The van der Waals surface area contributed by atoms with E-state index in [9.17, 15) is 9.59 Å². The zero-order valence-electron chi connectivity index (χ0n) is 12.6. The fourth-order valence-corrected chi connectivity index (χ4v) is 2.49. The molecule has 0 spiro atoms. The Hall–Kier alpha value is -1.99. The van der Waals surface area contributed by atoms with Crippen LogP contribution in [0, 0.1) is 0 Å². The van der Waals surface area contributed by atoms with Gasteiger partial charge in [-0.15, -0.1) is 0 Å². The third-order valence-corrected chi connectivity index (χ3v) is 3.89. The minimum atomic E-state index is -0.583. The summed E-state index contributed by atoms with van der Waals surface area (Å²) in [5.41, 5.74) is 2.49. The predicted molar refractivity (Wildman–Crippen MR) is 78.0 cm³/mol. The lowest BCUT2D eigenvalue weighted by Crippen LogP contribution is -2.61. The molecule has 2 rings (SSSR count). The highest BCUT2D eigenvalue weighted by molar-refractivity contribution is 5.91. The maximum Gasteiger partial charge on any atom is 0.283 e. The maximum atomic E-state index is 12.3. The molecule has 1 aliphatic rings. The molecule has 2 heterocycles. The highest BCUT2D eigenvalue weighted by Crippen LogP contribution is 2.23. The Morgan fingerprint density at radius 2 is 2.14 bits per heavy atom. The number of rotatable bonds is 3. The summed E-state index contributed by atoms with van der Waals surface area (Å²) in [5, 5.41) is 0. The number of carbonyl (C=O) groups is 2. The second kappa shape index (κ2) is 5.79. The summed E-state index contributed by atoms with van der Waals surface area (Å²) in [4.78, 5) is 31.9. The van der Waals surface area contributed by atoms with Gasteiger partial charge in [0.2, 0.25) is 5.91 Å². The van der Waals surface area contributed by atoms with Gasteiger partial charge in [-0.25, -0.2) is 10.8 Å². The number of amides is 2. The fraction of sp³-hybridized carbons (Fsp3) is 0.500. The average Bonchev–Trinajstić information content (AvgIpc) is 2.48. The van der Waals surface area contributed by atoms with Crippen LogP contribution in [0.3, 0.4) is 0 Å². The molecule has 0 aliphatic carbocycles. The van der Waals surface area contributed by atoms with Gasteiger partial charge in [-0.1, -0.05) is 6.07 Å². The quantitative estimate of drug-likeness (QED) is 0.455. The van der Waals surface area contributed by atoms with E-state index < -0.39 is 11.4 Å². The first-order chi connectivity index (χ1) is 9.86. The van der Waals surface area contributed by atoms with Crippen LogP contribution in [0.15, 0.2) is 18.2 Å². The summed E-state index contributed by atoms with van der Waals surface area (Å²) >= 11 is 0. The first-order valence-corrected chi connectivity index (χ1v) is 6.83. The highest BCUT2D eigenvalue weighted by atomic mass is 16.2. The first kappa shape index (κ1) is 15.4. The van der Waals surface area contributed by atoms with Crippen LogP contribution in [-0.4, -0.2) is 52.3 Å². The summed E-state index contributed by atoms with van der Waals surface area (Å²) in [5.74, 6) is 4.78. The molecule has 0 bridgehead atoms. The number of likely N-dealkylation sites (N-methyl/N-ethyl adjacent to an activating group) is 1. The molecule has 0 aromatic carbocycles. The number of hydrogen-bond donors (Lipinski definition) is 2. The number of pyridine rings is 1. The minimum Gasteiger partial charge on any atom is -0.343 e. The Balaban J connectivity index is 2.18. The summed E-state index contributed by atoms with van der Waals surface area (Å²) in [7, 11) is 1.81. The normalized spacial score (nSPS) is 18.7. The molecule has 114 valence electrons. The molecule has 7 nitrogen and oxygen atoms in total. The first-order valence-electron chi connectivity index (χ1n) is 6.83. The summed E-state index contributed by atoms with van der Waals surface area (Å²) < 4.78 is 0. The number of nitrogens with zero attached hydrogens (tertiary/aromatic N) is 3. The number of nitrogen functional groups attached to an aromatic ring is 1. The van der Waals surface area contributed by atoms with Crippen molar-refractivity contribution >= 4 is 11.8 Å². The van der Waals surface area contributed by atoms with Gasteiger partial charge in [0.15, 0.2) is 0 Å². The zero-order chi connectivity index (χ0) is 15.6. The standard InChI is InChI=1S/C14H21N5O2/c1-14(2)13(21)18(3)7-8-19(14)9-10-5-4-6-11(16-10)12(20)17-15/h4-6H,7-9,15H2,1-3H3,(H,17,20). The molecule has 0 radical (unpaired) electrons. The number of nitrogens with one attached hydrogen (secondary N) is 1. The molecule has 0 atom stereocenters. The van der Waals surface area contributed by atoms with Gasteiger partial charge in [-0.05, 0) is 26.0 Å². The SMILES string of the molecule is CN1CCN(Cc2cccc(C(=O)NN)n2)C(C)(C)C1=O. The minimum absolute atomic E-state index is 0.0876. The lowest BCUT2D eigenvalue weighted by molar-refractivity contribution is -0.147. The number of nitrogens with two attached hydrogens (primary N) is 1. The molecule has 21 heavy (non-hydrogen) atoms. The molecular formula is C14H21N5O2. The number of carbonyl (C=O) groups excluding carboxylic acids is 2. The average molecular weight is 291 g/mol. The molecule has 7 heteroatoms. The lowest BCUT2D eigenvalue weighted by Gasteiger charge is -2.44. The van der Waals surface area contributed by atoms with Crippen molar-refractivity contribution in [2.45, 2.75) is 25.9 Å². The number of hydrogen-bond acceptors (Lipinski definition) is 5. The van der Waals surface area contributed by atoms with Gasteiger partial charge < -0.3 is 4.90 Å². The van der Waals surface area contributed by atoms with Crippen LogP contribution in [0.5, 0.6) is 0 Å². The van der Waals surface area contributed by atoms with Crippen molar-refractivity contribution in [1.29, 1.82) is 0 Å². The Kier molecular flexibility index (Phi) is 4.24. The Bertz CT molecular complexity index is 558. The van der Waals surface area contributed by atoms with E-state index in [1.807, 2.05) is 27.0 Å². The van der Waals surface area contributed by atoms with Gasteiger partial charge in [0.25, 0.3) is 5.91 Å². The van der Waals surface area contributed by atoms with E-state index in [2.05, 4.69) is 15.3 Å². The molecule has 1 saturated heterocycles.